The molecule has 0 radical (unpaired) electrons. The van der Waals surface area contributed by atoms with Gasteiger partial charge in [0.15, 0.2) is 0 Å². The van der Waals surface area contributed by atoms with E-state index in [2.05, 4.69) is 9.97 Å². The minimum absolute atomic E-state index is 0.0125. The Bertz CT molecular complexity index is 372. The molecule has 6 nitrogen and oxygen atoms in total. The second kappa shape index (κ2) is 4.88. The van der Waals surface area contributed by atoms with Gasteiger partial charge >= 0.3 is 5.69 Å². The van der Waals surface area contributed by atoms with Crippen LogP contribution in [0.5, 0.6) is 0 Å². The highest BCUT2D eigenvalue weighted by molar-refractivity contribution is 6.28. The maximum Gasteiger partial charge on any atom is 0.329 e. The van der Waals surface area contributed by atoms with E-state index in [1.165, 1.54) is 0 Å². The third-order valence-corrected chi connectivity index (χ3v) is 2.02. The molecular weight excluding hydrogens is 220 g/mol. The summed E-state index contributed by atoms with van der Waals surface area (Å²) in [5, 5.41) is 10.7. The SMILES string of the molecule is CCCN(C)c1nc(Cl)ncc1[N+](=O)[O-]. The molecule has 0 aliphatic carbocycles. The van der Waals surface area contributed by atoms with Crippen molar-refractivity contribution in [2.75, 3.05) is 18.5 Å². The minimum atomic E-state index is -0.516. The maximum atomic E-state index is 10.7. The van der Waals surface area contributed by atoms with Crippen LogP contribution in [-0.4, -0.2) is 28.5 Å². The van der Waals surface area contributed by atoms with Crippen LogP contribution >= 0.6 is 11.6 Å². The van der Waals surface area contributed by atoms with E-state index in [1.54, 1.807) is 11.9 Å². The number of halogens is 1. The lowest BCUT2D eigenvalue weighted by atomic mass is 10.4. The van der Waals surface area contributed by atoms with Crippen LogP contribution in [-0.2, 0) is 0 Å². The number of nitrogens with zero attached hydrogens (tertiary/aromatic N) is 4. The highest BCUT2D eigenvalue weighted by atomic mass is 35.5. The summed E-state index contributed by atoms with van der Waals surface area (Å²) in [6.45, 7) is 2.65. The molecule has 0 amide bonds. The Morgan fingerprint density at radius 1 is 1.67 bits per heavy atom. The number of nitro groups is 1. The van der Waals surface area contributed by atoms with Crippen LogP contribution in [0, 0.1) is 10.1 Å². The van der Waals surface area contributed by atoms with E-state index >= 15 is 0 Å². The number of hydrogen-bond donors (Lipinski definition) is 0. The summed E-state index contributed by atoms with van der Waals surface area (Å²) in [6, 6.07) is 0. The fourth-order valence-electron chi connectivity index (χ4n) is 1.20. The average Bonchev–Trinajstić information content (AvgIpc) is 2.17. The Kier molecular flexibility index (Phi) is 3.79. The highest BCUT2D eigenvalue weighted by Crippen LogP contribution is 2.24. The molecular formula is C8H11ClN4O2. The van der Waals surface area contributed by atoms with Gasteiger partial charge in [-0.25, -0.2) is 4.98 Å². The molecule has 0 spiro atoms. The first-order valence-corrected chi connectivity index (χ1v) is 4.82. The standard InChI is InChI=1S/C8H11ClN4O2/c1-3-4-12(2)7-6(13(14)15)5-10-8(9)11-7/h5H,3-4H2,1-2H3. The lowest BCUT2D eigenvalue weighted by Crippen LogP contribution is -2.20. The molecule has 0 bridgehead atoms. The van der Waals surface area contributed by atoms with Crippen molar-refractivity contribution in [1.29, 1.82) is 0 Å². The van der Waals surface area contributed by atoms with Crippen LogP contribution in [0.3, 0.4) is 0 Å². The summed E-state index contributed by atoms with van der Waals surface area (Å²) in [4.78, 5) is 19.3. The van der Waals surface area contributed by atoms with Crippen molar-refractivity contribution in [2.24, 2.45) is 0 Å². The predicted molar refractivity (Wildman–Crippen MR) is 57.3 cm³/mol. The van der Waals surface area contributed by atoms with Gasteiger partial charge in [0.05, 0.1) is 4.92 Å². The quantitative estimate of drug-likeness (QED) is 0.449. The lowest BCUT2D eigenvalue weighted by molar-refractivity contribution is -0.384. The summed E-state index contributed by atoms with van der Waals surface area (Å²) in [5.74, 6) is 0.252. The Balaban J connectivity index is 3.12. The second-order valence-electron chi connectivity index (χ2n) is 3.03. The normalized spacial score (nSPS) is 10.1. The summed E-state index contributed by atoms with van der Waals surface area (Å²) in [7, 11) is 1.73. The van der Waals surface area contributed by atoms with Crippen molar-refractivity contribution >= 4 is 23.1 Å². The number of anilines is 1. The lowest BCUT2D eigenvalue weighted by Gasteiger charge is -2.16. The van der Waals surface area contributed by atoms with Crippen LogP contribution < -0.4 is 4.90 Å². The molecule has 1 heterocycles. The molecule has 0 atom stereocenters. The highest BCUT2D eigenvalue weighted by Gasteiger charge is 2.19. The first-order chi connectivity index (χ1) is 7.06. The van der Waals surface area contributed by atoms with E-state index in [9.17, 15) is 10.1 Å². The van der Waals surface area contributed by atoms with Crippen LogP contribution in [0.25, 0.3) is 0 Å². The molecule has 7 heteroatoms. The van der Waals surface area contributed by atoms with Gasteiger partial charge in [-0.2, -0.15) is 4.98 Å². The van der Waals surface area contributed by atoms with Crippen LogP contribution in [0.4, 0.5) is 11.5 Å². The van der Waals surface area contributed by atoms with Gasteiger partial charge in [-0.1, -0.05) is 6.92 Å². The first kappa shape index (κ1) is 11.6. The number of rotatable bonds is 4. The second-order valence-corrected chi connectivity index (χ2v) is 3.36. The van der Waals surface area contributed by atoms with Crippen LogP contribution in [0.15, 0.2) is 6.20 Å². The van der Waals surface area contributed by atoms with Crippen molar-refractivity contribution in [1.82, 2.24) is 9.97 Å². The maximum absolute atomic E-state index is 10.7. The topological polar surface area (TPSA) is 72.2 Å². The van der Waals surface area contributed by atoms with Gasteiger partial charge in [-0.3, -0.25) is 10.1 Å². The Morgan fingerprint density at radius 2 is 2.33 bits per heavy atom. The summed E-state index contributed by atoms with van der Waals surface area (Å²) in [6.07, 6.45) is 1.99. The number of aromatic nitrogens is 2. The van der Waals surface area contributed by atoms with Gasteiger partial charge in [0.1, 0.15) is 6.20 Å². The molecule has 0 unspecified atom stereocenters. The summed E-state index contributed by atoms with van der Waals surface area (Å²) < 4.78 is 0. The van der Waals surface area contributed by atoms with E-state index in [4.69, 9.17) is 11.6 Å². The molecule has 0 fully saturated rings. The molecule has 82 valence electrons. The Hall–Kier alpha value is -1.43. The van der Waals surface area contributed by atoms with Gasteiger partial charge in [0.2, 0.25) is 11.1 Å². The summed E-state index contributed by atoms with van der Waals surface area (Å²) >= 11 is 5.59. The van der Waals surface area contributed by atoms with Gasteiger partial charge in [-0.15, -0.1) is 0 Å². The zero-order valence-electron chi connectivity index (χ0n) is 8.47. The van der Waals surface area contributed by atoms with Gasteiger partial charge in [-0.05, 0) is 18.0 Å². The monoisotopic (exact) mass is 230 g/mol. The largest absolute Gasteiger partial charge is 0.354 e. The van der Waals surface area contributed by atoms with E-state index in [0.717, 1.165) is 12.6 Å². The molecule has 0 aromatic carbocycles. The number of hydrogen-bond acceptors (Lipinski definition) is 5. The van der Waals surface area contributed by atoms with E-state index < -0.39 is 4.92 Å². The van der Waals surface area contributed by atoms with Crippen molar-refractivity contribution in [3.63, 3.8) is 0 Å². The molecule has 0 saturated carbocycles. The molecule has 0 aliphatic rings. The van der Waals surface area contributed by atoms with E-state index in [-0.39, 0.29) is 16.8 Å². The Labute approximate surface area is 92.0 Å². The predicted octanol–water partition coefficient (Wildman–Crippen LogP) is 1.88. The summed E-state index contributed by atoms with van der Waals surface area (Å²) in [5.41, 5.74) is -0.129. The fourth-order valence-corrected chi connectivity index (χ4v) is 1.33. The third-order valence-electron chi connectivity index (χ3n) is 1.84. The van der Waals surface area contributed by atoms with E-state index in [1.807, 2.05) is 6.92 Å². The Morgan fingerprint density at radius 3 is 2.87 bits per heavy atom. The van der Waals surface area contributed by atoms with E-state index in [0.29, 0.717) is 6.54 Å². The smallest absolute Gasteiger partial charge is 0.329 e. The van der Waals surface area contributed by atoms with Crippen LogP contribution in [0.2, 0.25) is 5.28 Å². The molecule has 0 N–H and O–H groups in total. The minimum Gasteiger partial charge on any atom is -0.354 e. The van der Waals surface area contributed by atoms with Crippen molar-refractivity contribution in [3.05, 3.63) is 21.6 Å². The molecule has 1 rings (SSSR count). The van der Waals surface area contributed by atoms with Crippen molar-refractivity contribution in [2.45, 2.75) is 13.3 Å². The zero-order chi connectivity index (χ0) is 11.4. The fraction of sp³-hybridized carbons (Fsp3) is 0.500. The van der Waals surface area contributed by atoms with Crippen LogP contribution in [0.1, 0.15) is 13.3 Å². The molecule has 15 heavy (non-hydrogen) atoms. The molecule has 1 aromatic heterocycles. The van der Waals surface area contributed by atoms with Gasteiger partial charge < -0.3 is 4.90 Å². The molecule has 0 aliphatic heterocycles. The van der Waals surface area contributed by atoms with Gasteiger partial charge in [0, 0.05) is 13.6 Å². The molecule has 0 saturated heterocycles. The third kappa shape index (κ3) is 2.76. The van der Waals surface area contributed by atoms with Crippen molar-refractivity contribution < 1.29 is 4.92 Å². The molecule has 1 aromatic rings. The van der Waals surface area contributed by atoms with Crippen molar-refractivity contribution in [3.8, 4) is 0 Å². The first-order valence-electron chi connectivity index (χ1n) is 4.44. The zero-order valence-corrected chi connectivity index (χ0v) is 9.23. The van der Waals surface area contributed by atoms with Gasteiger partial charge in [0.25, 0.3) is 0 Å². The average molecular weight is 231 g/mol.